The summed E-state index contributed by atoms with van der Waals surface area (Å²) < 4.78 is 0. The summed E-state index contributed by atoms with van der Waals surface area (Å²) in [7, 11) is 0. The molecule has 0 aromatic heterocycles. The zero-order valence-electron chi connectivity index (χ0n) is 6.89. The van der Waals surface area contributed by atoms with Crippen LogP contribution in [0.4, 0.5) is 0 Å². The Labute approximate surface area is 66.6 Å². The highest BCUT2D eigenvalue weighted by Crippen LogP contribution is 2.49. The average Bonchev–Trinajstić information content (AvgIpc) is 1.94. The molecule has 2 heteroatoms. The largest absolute Gasteiger partial charge is 0.389 e. The van der Waals surface area contributed by atoms with Crippen LogP contribution in [0.15, 0.2) is 0 Å². The van der Waals surface area contributed by atoms with Gasteiger partial charge in [-0.2, -0.15) is 0 Å². The Bertz CT molecular complexity index is 200. The molecule has 3 aliphatic rings. The van der Waals surface area contributed by atoms with Crippen molar-refractivity contribution in [3.8, 4) is 0 Å². The molecule has 0 aromatic carbocycles. The first kappa shape index (κ1) is 7.29. The van der Waals surface area contributed by atoms with E-state index < -0.39 is 5.60 Å². The van der Waals surface area contributed by atoms with Gasteiger partial charge in [-0.3, -0.25) is 4.79 Å². The Balaban J connectivity index is 2.29. The number of carbonyl (C=O) groups is 1. The normalized spacial score (nSPS) is 49.8. The zero-order chi connectivity index (χ0) is 8.11. The van der Waals surface area contributed by atoms with Crippen LogP contribution in [0.2, 0.25) is 0 Å². The molecular formula is C9H14O2. The predicted octanol–water partition coefficient (Wildman–Crippen LogP) is 1.27. The lowest BCUT2D eigenvalue weighted by Gasteiger charge is -2.47. The molecule has 3 rings (SSSR count). The number of hydrogen-bond donors (Lipinski definition) is 1. The van der Waals surface area contributed by atoms with Crippen LogP contribution in [0.3, 0.4) is 0 Å². The standard InChI is InChI=1S/C9H14O2/c1-8-2-4-9(11,5-3-8)6-7(8)10/h11H,2-6H2,1H3. The minimum absolute atomic E-state index is 0.0789. The molecule has 0 atom stereocenters. The van der Waals surface area contributed by atoms with Crippen molar-refractivity contribution in [2.24, 2.45) is 5.41 Å². The number of carbonyl (C=O) groups excluding carboxylic acids is 1. The molecule has 0 saturated heterocycles. The summed E-state index contributed by atoms with van der Waals surface area (Å²) in [6, 6.07) is 0. The molecule has 2 bridgehead atoms. The first-order chi connectivity index (χ1) is 5.04. The summed E-state index contributed by atoms with van der Waals surface area (Å²) in [6.07, 6.45) is 3.85. The van der Waals surface area contributed by atoms with Gasteiger partial charge >= 0.3 is 0 Å². The summed E-state index contributed by atoms with van der Waals surface area (Å²) >= 11 is 0. The minimum atomic E-state index is -0.616. The number of ketones is 1. The fourth-order valence-corrected chi connectivity index (χ4v) is 2.24. The van der Waals surface area contributed by atoms with Crippen molar-refractivity contribution in [3.63, 3.8) is 0 Å². The lowest BCUT2D eigenvalue weighted by atomic mass is 9.59. The van der Waals surface area contributed by atoms with Crippen molar-refractivity contribution in [2.75, 3.05) is 0 Å². The molecule has 2 nitrogen and oxygen atoms in total. The van der Waals surface area contributed by atoms with Gasteiger partial charge in [0.15, 0.2) is 0 Å². The maximum atomic E-state index is 11.4. The van der Waals surface area contributed by atoms with Crippen LogP contribution in [-0.2, 0) is 4.79 Å². The summed E-state index contributed by atoms with van der Waals surface area (Å²) in [5.74, 6) is 0.275. The van der Waals surface area contributed by atoms with Crippen LogP contribution >= 0.6 is 0 Å². The van der Waals surface area contributed by atoms with E-state index in [1.807, 2.05) is 6.92 Å². The SMILES string of the molecule is CC12CCC(O)(CC1)CC2=O. The van der Waals surface area contributed by atoms with Crippen molar-refractivity contribution in [2.45, 2.75) is 44.6 Å². The maximum Gasteiger partial charge on any atom is 0.141 e. The highest BCUT2D eigenvalue weighted by atomic mass is 16.3. The molecule has 3 fully saturated rings. The number of fused-ring (bicyclic) bond motifs is 3. The molecule has 1 N–H and O–H groups in total. The van der Waals surface area contributed by atoms with Crippen LogP contribution < -0.4 is 0 Å². The molecule has 3 aliphatic carbocycles. The summed E-state index contributed by atoms with van der Waals surface area (Å²) in [5, 5.41) is 9.78. The first-order valence-corrected chi connectivity index (χ1v) is 4.30. The average molecular weight is 154 g/mol. The highest BCUT2D eigenvalue weighted by Gasteiger charge is 2.50. The molecule has 0 unspecified atom stereocenters. The highest BCUT2D eigenvalue weighted by molar-refractivity contribution is 5.87. The predicted molar refractivity (Wildman–Crippen MR) is 41.1 cm³/mol. The molecule has 62 valence electrons. The van der Waals surface area contributed by atoms with Crippen LogP contribution in [0.25, 0.3) is 0 Å². The third kappa shape index (κ3) is 0.924. The second kappa shape index (κ2) is 1.86. The van der Waals surface area contributed by atoms with Gasteiger partial charge < -0.3 is 5.11 Å². The van der Waals surface area contributed by atoms with Crippen molar-refractivity contribution >= 4 is 5.78 Å². The van der Waals surface area contributed by atoms with Gasteiger partial charge in [0, 0.05) is 11.8 Å². The monoisotopic (exact) mass is 154 g/mol. The number of aliphatic hydroxyl groups is 1. The van der Waals surface area contributed by atoms with E-state index in [0.717, 1.165) is 25.7 Å². The Morgan fingerprint density at radius 2 is 1.82 bits per heavy atom. The molecule has 3 saturated carbocycles. The smallest absolute Gasteiger partial charge is 0.141 e. The van der Waals surface area contributed by atoms with Gasteiger partial charge in [-0.25, -0.2) is 0 Å². The lowest BCUT2D eigenvalue weighted by molar-refractivity contribution is -0.151. The topological polar surface area (TPSA) is 37.3 Å². The van der Waals surface area contributed by atoms with E-state index in [1.165, 1.54) is 0 Å². The van der Waals surface area contributed by atoms with Crippen molar-refractivity contribution in [1.82, 2.24) is 0 Å². The van der Waals surface area contributed by atoms with Crippen LogP contribution in [0, 0.1) is 5.41 Å². The summed E-state index contributed by atoms with van der Waals surface area (Å²) in [6.45, 7) is 2.04. The van der Waals surface area contributed by atoms with Gasteiger partial charge in [-0.15, -0.1) is 0 Å². The van der Waals surface area contributed by atoms with Gasteiger partial charge in [0.1, 0.15) is 5.78 Å². The van der Waals surface area contributed by atoms with Crippen molar-refractivity contribution in [3.05, 3.63) is 0 Å². The summed E-state index contributed by atoms with van der Waals surface area (Å²) in [4.78, 5) is 11.4. The maximum absolute atomic E-state index is 11.4. The fraction of sp³-hybridized carbons (Fsp3) is 0.889. The molecule has 0 aromatic rings. The number of Topliss-reactive ketones (excluding diaryl/α,β-unsaturated/α-hetero) is 1. The molecule has 0 amide bonds. The van der Waals surface area contributed by atoms with Crippen molar-refractivity contribution in [1.29, 1.82) is 0 Å². The van der Waals surface area contributed by atoms with E-state index in [9.17, 15) is 9.90 Å². The lowest BCUT2D eigenvalue weighted by Crippen LogP contribution is -2.50. The van der Waals surface area contributed by atoms with Crippen LogP contribution in [0.5, 0.6) is 0 Å². The zero-order valence-corrected chi connectivity index (χ0v) is 6.89. The minimum Gasteiger partial charge on any atom is -0.389 e. The third-order valence-electron chi connectivity index (χ3n) is 3.45. The quantitative estimate of drug-likeness (QED) is 0.570. The van der Waals surface area contributed by atoms with E-state index in [-0.39, 0.29) is 11.2 Å². The van der Waals surface area contributed by atoms with Gasteiger partial charge in [0.05, 0.1) is 5.60 Å². The number of hydrogen-bond acceptors (Lipinski definition) is 2. The molecular weight excluding hydrogens is 140 g/mol. The Hall–Kier alpha value is -0.370. The Kier molecular flexibility index (Phi) is 1.23. The van der Waals surface area contributed by atoms with Gasteiger partial charge in [0.25, 0.3) is 0 Å². The molecule has 0 radical (unpaired) electrons. The number of rotatable bonds is 0. The van der Waals surface area contributed by atoms with E-state index in [0.29, 0.717) is 6.42 Å². The second-order valence-electron chi connectivity index (χ2n) is 4.38. The van der Waals surface area contributed by atoms with Crippen molar-refractivity contribution < 1.29 is 9.90 Å². The molecule has 0 aliphatic heterocycles. The van der Waals surface area contributed by atoms with Gasteiger partial charge in [-0.05, 0) is 25.7 Å². The third-order valence-corrected chi connectivity index (χ3v) is 3.45. The van der Waals surface area contributed by atoms with Crippen LogP contribution in [0.1, 0.15) is 39.0 Å². The summed E-state index contributed by atoms with van der Waals surface area (Å²) in [5.41, 5.74) is -0.695. The van der Waals surface area contributed by atoms with E-state index in [4.69, 9.17) is 0 Å². The molecule has 0 spiro atoms. The Morgan fingerprint density at radius 3 is 2.18 bits per heavy atom. The second-order valence-corrected chi connectivity index (χ2v) is 4.38. The Morgan fingerprint density at radius 1 is 1.27 bits per heavy atom. The fourth-order valence-electron chi connectivity index (χ4n) is 2.24. The van der Waals surface area contributed by atoms with Gasteiger partial charge in [-0.1, -0.05) is 6.92 Å². The van der Waals surface area contributed by atoms with Crippen LogP contribution in [-0.4, -0.2) is 16.5 Å². The van der Waals surface area contributed by atoms with Gasteiger partial charge in [0.2, 0.25) is 0 Å². The molecule has 11 heavy (non-hydrogen) atoms. The van der Waals surface area contributed by atoms with E-state index in [2.05, 4.69) is 0 Å². The van der Waals surface area contributed by atoms with E-state index >= 15 is 0 Å². The van der Waals surface area contributed by atoms with E-state index in [1.54, 1.807) is 0 Å². The molecule has 0 heterocycles. The first-order valence-electron chi connectivity index (χ1n) is 4.30.